The van der Waals surface area contributed by atoms with Gasteiger partial charge in [0.05, 0.1) is 6.61 Å². The maximum atomic E-state index is 13.4. The summed E-state index contributed by atoms with van der Waals surface area (Å²) in [5.41, 5.74) is 0.510. The first-order valence-corrected chi connectivity index (χ1v) is 7.20. The molecule has 0 fully saturated rings. The fourth-order valence-electron chi connectivity index (χ4n) is 1.79. The first-order valence-electron chi connectivity index (χ1n) is 5.95. The topological polar surface area (TPSA) is 35.0 Å². The number of hydrogen-bond donors (Lipinski definition) is 0. The van der Waals surface area contributed by atoms with Gasteiger partial charge in [-0.1, -0.05) is 29.8 Å². The molecule has 3 rings (SSSR count). The highest BCUT2D eigenvalue weighted by atomic mass is 35.5. The fourth-order valence-corrected chi connectivity index (χ4v) is 2.88. The Hall–Kier alpha value is -1.56. The van der Waals surface area contributed by atoms with Gasteiger partial charge in [-0.25, -0.2) is 14.4 Å². The van der Waals surface area contributed by atoms with E-state index in [0.717, 1.165) is 10.2 Å². The average molecular weight is 309 g/mol. The number of rotatable bonds is 4. The maximum absolute atomic E-state index is 13.4. The largest absolute Gasteiger partial charge is 0.369 e. The zero-order valence-corrected chi connectivity index (χ0v) is 11.9. The molecule has 0 radical (unpaired) electrons. The molecule has 0 amide bonds. The SMILES string of the molecule is Fc1ccccc1COCc1nc(Cl)c2ccsc2n1. The summed E-state index contributed by atoms with van der Waals surface area (Å²) < 4.78 is 18.9. The zero-order valence-electron chi connectivity index (χ0n) is 10.3. The lowest BCUT2D eigenvalue weighted by Crippen LogP contribution is -2.01. The van der Waals surface area contributed by atoms with Gasteiger partial charge in [0.2, 0.25) is 0 Å². The highest BCUT2D eigenvalue weighted by molar-refractivity contribution is 7.16. The van der Waals surface area contributed by atoms with E-state index >= 15 is 0 Å². The normalized spacial score (nSPS) is 11.1. The van der Waals surface area contributed by atoms with Crippen LogP contribution in [0.15, 0.2) is 35.7 Å². The van der Waals surface area contributed by atoms with Crippen LogP contribution in [0.2, 0.25) is 5.15 Å². The Balaban J connectivity index is 1.69. The second-order valence-corrected chi connectivity index (χ2v) is 5.41. The van der Waals surface area contributed by atoms with Crippen molar-refractivity contribution in [3.05, 3.63) is 58.1 Å². The summed E-state index contributed by atoms with van der Waals surface area (Å²) in [4.78, 5) is 9.35. The molecule has 0 saturated heterocycles. The first kappa shape index (κ1) is 13.4. The van der Waals surface area contributed by atoms with Crippen LogP contribution >= 0.6 is 22.9 Å². The molecule has 0 saturated carbocycles. The first-order chi connectivity index (χ1) is 9.74. The van der Waals surface area contributed by atoms with Crippen molar-refractivity contribution >= 4 is 33.2 Å². The van der Waals surface area contributed by atoms with Gasteiger partial charge in [-0.15, -0.1) is 11.3 Å². The summed E-state index contributed by atoms with van der Waals surface area (Å²) in [7, 11) is 0. The van der Waals surface area contributed by atoms with Crippen molar-refractivity contribution in [2.75, 3.05) is 0 Å². The van der Waals surface area contributed by atoms with E-state index in [-0.39, 0.29) is 19.0 Å². The number of fused-ring (bicyclic) bond motifs is 1. The second kappa shape index (κ2) is 5.83. The number of halogens is 2. The van der Waals surface area contributed by atoms with Crippen molar-refractivity contribution in [3.8, 4) is 0 Å². The van der Waals surface area contributed by atoms with E-state index in [4.69, 9.17) is 16.3 Å². The number of benzene rings is 1. The number of aromatic nitrogens is 2. The third kappa shape index (κ3) is 2.80. The molecule has 3 nitrogen and oxygen atoms in total. The van der Waals surface area contributed by atoms with Gasteiger partial charge in [0.25, 0.3) is 0 Å². The van der Waals surface area contributed by atoms with Gasteiger partial charge < -0.3 is 4.74 Å². The molecular formula is C14H10ClFN2OS. The lowest BCUT2D eigenvalue weighted by molar-refractivity contribution is 0.0997. The van der Waals surface area contributed by atoms with Crippen LogP contribution in [0.5, 0.6) is 0 Å². The van der Waals surface area contributed by atoms with Crippen LogP contribution in [0.4, 0.5) is 4.39 Å². The van der Waals surface area contributed by atoms with E-state index in [1.165, 1.54) is 17.4 Å². The van der Waals surface area contributed by atoms with Crippen LogP contribution in [0.3, 0.4) is 0 Å². The van der Waals surface area contributed by atoms with Gasteiger partial charge in [-0.05, 0) is 17.5 Å². The van der Waals surface area contributed by atoms with Crippen molar-refractivity contribution in [3.63, 3.8) is 0 Å². The van der Waals surface area contributed by atoms with Crippen LogP contribution in [0.25, 0.3) is 10.2 Å². The Morgan fingerprint density at radius 3 is 2.85 bits per heavy atom. The third-order valence-electron chi connectivity index (χ3n) is 2.77. The Bertz CT molecular complexity index is 747. The monoisotopic (exact) mass is 308 g/mol. The van der Waals surface area contributed by atoms with Gasteiger partial charge in [0, 0.05) is 10.9 Å². The van der Waals surface area contributed by atoms with E-state index < -0.39 is 0 Å². The van der Waals surface area contributed by atoms with Crippen molar-refractivity contribution < 1.29 is 9.13 Å². The molecule has 0 aliphatic rings. The average Bonchev–Trinajstić information content (AvgIpc) is 2.90. The molecule has 0 aliphatic carbocycles. The molecule has 20 heavy (non-hydrogen) atoms. The van der Waals surface area contributed by atoms with Crippen molar-refractivity contribution in [2.24, 2.45) is 0 Å². The Morgan fingerprint density at radius 1 is 1.15 bits per heavy atom. The standard InChI is InChI=1S/C14H10ClFN2OS/c15-13-10-5-6-20-14(10)18-12(17-13)8-19-7-9-3-1-2-4-11(9)16/h1-6H,7-8H2. The molecule has 0 unspecified atom stereocenters. The summed E-state index contributed by atoms with van der Waals surface area (Å²) in [6.07, 6.45) is 0. The minimum absolute atomic E-state index is 0.177. The summed E-state index contributed by atoms with van der Waals surface area (Å²) in [5.74, 6) is 0.224. The number of hydrogen-bond acceptors (Lipinski definition) is 4. The van der Waals surface area contributed by atoms with E-state index in [9.17, 15) is 4.39 Å². The fraction of sp³-hybridized carbons (Fsp3) is 0.143. The van der Waals surface area contributed by atoms with Crippen LogP contribution < -0.4 is 0 Å². The van der Waals surface area contributed by atoms with E-state index in [1.807, 2.05) is 11.4 Å². The minimum atomic E-state index is -0.278. The van der Waals surface area contributed by atoms with Crippen molar-refractivity contribution in [1.82, 2.24) is 9.97 Å². The molecule has 0 atom stereocenters. The van der Waals surface area contributed by atoms with Gasteiger partial charge >= 0.3 is 0 Å². The van der Waals surface area contributed by atoms with E-state index in [1.54, 1.807) is 18.2 Å². The predicted octanol–water partition coefficient (Wildman–Crippen LogP) is 4.20. The number of ether oxygens (including phenoxy) is 1. The Labute approximate surface area is 124 Å². The van der Waals surface area contributed by atoms with Crippen LogP contribution in [0, 0.1) is 5.82 Å². The Kier molecular flexibility index (Phi) is 3.91. The lowest BCUT2D eigenvalue weighted by Gasteiger charge is -2.05. The molecular weight excluding hydrogens is 299 g/mol. The predicted molar refractivity (Wildman–Crippen MR) is 77.3 cm³/mol. The molecule has 1 aromatic carbocycles. The van der Waals surface area contributed by atoms with Crippen LogP contribution in [0.1, 0.15) is 11.4 Å². The molecule has 0 aliphatic heterocycles. The third-order valence-corrected chi connectivity index (χ3v) is 3.87. The summed E-state index contributed by atoms with van der Waals surface area (Å²) in [5, 5.41) is 3.17. The zero-order chi connectivity index (χ0) is 13.9. The Morgan fingerprint density at radius 2 is 2.00 bits per heavy atom. The number of nitrogens with zero attached hydrogens (tertiary/aromatic N) is 2. The molecule has 102 valence electrons. The highest BCUT2D eigenvalue weighted by Crippen LogP contribution is 2.24. The highest BCUT2D eigenvalue weighted by Gasteiger charge is 2.08. The van der Waals surface area contributed by atoms with Gasteiger partial charge in [-0.2, -0.15) is 0 Å². The quantitative estimate of drug-likeness (QED) is 0.678. The van der Waals surface area contributed by atoms with Crippen molar-refractivity contribution in [2.45, 2.75) is 13.2 Å². The van der Waals surface area contributed by atoms with Gasteiger partial charge in [0.1, 0.15) is 22.4 Å². The van der Waals surface area contributed by atoms with Gasteiger partial charge in [0.15, 0.2) is 5.82 Å². The van der Waals surface area contributed by atoms with Crippen LogP contribution in [-0.4, -0.2) is 9.97 Å². The molecule has 0 spiro atoms. The van der Waals surface area contributed by atoms with Crippen LogP contribution in [-0.2, 0) is 18.0 Å². The summed E-state index contributed by atoms with van der Waals surface area (Å²) in [6.45, 7) is 0.373. The molecule has 0 N–H and O–H groups in total. The van der Waals surface area contributed by atoms with Gasteiger partial charge in [-0.3, -0.25) is 0 Å². The second-order valence-electron chi connectivity index (χ2n) is 4.15. The van der Waals surface area contributed by atoms with E-state index in [0.29, 0.717) is 16.5 Å². The molecule has 2 aromatic heterocycles. The maximum Gasteiger partial charge on any atom is 0.157 e. The smallest absolute Gasteiger partial charge is 0.157 e. The van der Waals surface area contributed by atoms with E-state index in [2.05, 4.69) is 9.97 Å². The minimum Gasteiger partial charge on any atom is -0.369 e. The summed E-state index contributed by atoms with van der Waals surface area (Å²) in [6, 6.07) is 8.39. The molecule has 0 bridgehead atoms. The number of thiophene rings is 1. The molecule has 2 heterocycles. The van der Waals surface area contributed by atoms with Crippen molar-refractivity contribution in [1.29, 1.82) is 0 Å². The molecule has 3 aromatic rings. The molecule has 6 heteroatoms. The summed E-state index contributed by atoms with van der Waals surface area (Å²) >= 11 is 7.56. The lowest BCUT2D eigenvalue weighted by atomic mass is 10.2.